The summed E-state index contributed by atoms with van der Waals surface area (Å²) < 4.78 is 7.58. The molecule has 0 aliphatic carbocycles. The molecule has 1 N–H and O–H groups in total. The highest BCUT2D eigenvalue weighted by Crippen LogP contribution is 2.11. The summed E-state index contributed by atoms with van der Waals surface area (Å²) in [6.45, 7) is 3.54. The average molecular weight is 267 g/mol. The molecule has 0 saturated carbocycles. The number of fused-ring (bicyclic) bond motifs is 1. The minimum Gasteiger partial charge on any atom is -0.372 e. The van der Waals surface area contributed by atoms with E-state index in [1.807, 2.05) is 6.07 Å². The highest BCUT2D eigenvalue weighted by Gasteiger charge is 2.17. The van der Waals surface area contributed by atoms with Crippen LogP contribution in [0.5, 0.6) is 0 Å². The lowest BCUT2D eigenvalue weighted by Crippen LogP contribution is -2.37. The molecule has 3 aromatic rings. The summed E-state index contributed by atoms with van der Waals surface area (Å²) in [6, 6.07) is 17.0. The lowest BCUT2D eigenvalue weighted by atomic mass is 10.1. The van der Waals surface area contributed by atoms with Gasteiger partial charge >= 0.3 is 0 Å². The maximum Gasteiger partial charge on any atom is 0.281 e. The topological polar surface area (TPSA) is 28.9 Å². The van der Waals surface area contributed by atoms with Crippen molar-refractivity contribution in [3.63, 3.8) is 0 Å². The van der Waals surface area contributed by atoms with E-state index in [1.54, 1.807) is 7.11 Å². The number of ether oxygens (including phenoxy) is 1. The van der Waals surface area contributed by atoms with Crippen LogP contribution in [0.2, 0.25) is 0 Å². The second-order valence-corrected chi connectivity index (χ2v) is 5.09. The van der Waals surface area contributed by atoms with Gasteiger partial charge in [0.1, 0.15) is 13.2 Å². The number of aromatic nitrogens is 2. The molecule has 0 saturated heterocycles. The molecule has 3 heteroatoms. The summed E-state index contributed by atoms with van der Waals surface area (Å²) in [4.78, 5) is 3.43. The van der Waals surface area contributed by atoms with Crippen molar-refractivity contribution in [2.45, 2.75) is 20.1 Å². The molecule has 1 aromatic heterocycles. The molecule has 0 spiro atoms. The van der Waals surface area contributed by atoms with Gasteiger partial charge in [-0.05, 0) is 24.6 Å². The number of aromatic amines is 1. The molecule has 102 valence electrons. The first-order valence-corrected chi connectivity index (χ1v) is 6.82. The number of nitrogens with one attached hydrogen (secondary N) is 1. The van der Waals surface area contributed by atoms with Crippen molar-refractivity contribution >= 4 is 11.0 Å². The number of hydrogen-bond acceptors (Lipinski definition) is 1. The van der Waals surface area contributed by atoms with Crippen LogP contribution in [0.3, 0.4) is 0 Å². The maximum absolute atomic E-state index is 5.30. The minimum atomic E-state index is 0.584. The van der Waals surface area contributed by atoms with Crippen molar-refractivity contribution in [1.29, 1.82) is 0 Å². The van der Waals surface area contributed by atoms with Gasteiger partial charge in [0, 0.05) is 7.11 Å². The van der Waals surface area contributed by atoms with Crippen molar-refractivity contribution in [3.8, 4) is 0 Å². The molecule has 0 fully saturated rings. The fourth-order valence-corrected chi connectivity index (χ4v) is 2.49. The second kappa shape index (κ2) is 5.47. The van der Waals surface area contributed by atoms with E-state index in [-0.39, 0.29) is 0 Å². The fourth-order valence-electron chi connectivity index (χ4n) is 2.49. The quantitative estimate of drug-likeness (QED) is 0.723. The van der Waals surface area contributed by atoms with Crippen molar-refractivity contribution in [2.75, 3.05) is 7.11 Å². The Morgan fingerprint density at radius 3 is 2.55 bits per heavy atom. The Bertz CT molecular complexity index is 713. The highest BCUT2D eigenvalue weighted by molar-refractivity contribution is 5.71. The molecule has 0 atom stereocenters. The van der Waals surface area contributed by atoms with Gasteiger partial charge in [-0.25, -0.2) is 9.55 Å². The molecule has 0 aliphatic rings. The summed E-state index contributed by atoms with van der Waals surface area (Å²) in [5, 5.41) is 0. The van der Waals surface area contributed by atoms with E-state index in [1.165, 1.54) is 16.6 Å². The molecular weight excluding hydrogens is 248 g/mol. The molecule has 0 aliphatic heterocycles. The number of hydrogen-bond donors (Lipinski definition) is 1. The number of rotatable bonds is 4. The Morgan fingerprint density at radius 1 is 1.05 bits per heavy atom. The van der Waals surface area contributed by atoms with Gasteiger partial charge in [-0.1, -0.05) is 42.0 Å². The highest BCUT2D eigenvalue weighted by atomic mass is 16.5. The van der Waals surface area contributed by atoms with Gasteiger partial charge in [0.15, 0.2) is 11.0 Å². The number of methoxy groups -OCH3 is 1. The Labute approximate surface area is 118 Å². The smallest absolute Gasteiger partial charge is 0.281 e. The molecule has 20 heavy (non-hydrogen) atoms. The summed E-state index contributed by atoms with van der Waals surface area (Å²) in [5.74, 6) is 1.09. The van der Waals surface area contributed by atoms with Crippen LogP contribution in [-0.2, 0) is 17.9 Å². The normalized spacial score (nSPS) is 11.1. The van der Waals surface area contributed by atoms with Crippen LogP contribution in [0.25, 0.3) is 11.0 Å². The SMILES string of the molecule is COCc1[nH]c2ccccc2[n+]1Cc1ccc(C)cc1. The van der Waals surface area contributed by atoms with Crippen LogP contribution in [0.4, 0.5) is 0 Å². The molecule has 0 amide bonds. The summed E-state index contributed by atoms with van der Waals surface area (Å²) >= 11 is 0. The first-order valence-electron chi connectivity index (χ1n) is 6.82. The number of imidazole rings is 1. The molecular formula is C17H19N2O+. The monoisotopic (exact) mass is 267 g/mol. The Hall–Kier alpha value is -2.13. The van der Waals surface area contributed by atoms with Gasteiger partial charge in [-0.3, -0.25) is 0 Å². The van der Waals surface area contributed by atoms with Crippen molar-refractivity contribution < 1.29 is 9.30 Å². The molecule has 3 nitrogen and oxygen atoms in total. The number of benzene rings is 2. The van der Waals surface area contributed by atoms with Gasteiger partial charge in [0.25, 0.3) is 5.82 Å². The molecule has 3 rings (SSSR count). The molecule has 0 unspecified atom stereocenters. The molecule has 0 bridgehead atoms. The maximum atomic E-state index is 5.30. The Balaban J connectivity index is 2.04. The molecule has 1 heterocycles. The Morgan fingerprint density at radius 2 is 1.80 bits per heavy atom. The van der Waals surface area contributed by atoms with Crippen LogP contribution < -0.4 is 4.57 Å². The lowest BCUT2D eigenvalue weighted by molar-refractivity contribution is -0.672. The van der Waals surface area contributed by atoms with E-state index in [0.717, 1.165) is 17.9 Å². The number of nitrogens with zero attached hydrogens (tertiary/aromatic N) is 1. The van der Waals surface area contributed by atoms with Gasteiger partial charge in [0.2, 0.25) is 0 Å². The third kappa shape index (κ3) is 2.45. The predicted octanol–water partition coefficient (Wildman–Crippen LogP) is 2.96. The molecule has 2 aromatic carbocycles. The summed E-state index contributed by atoms with van der Waals surface area (Å²) in [6.07, 6.45) is 0. The zero-order valence-corrected chi connectivity index (χ0v) is 11.9. The largest absolute Gasteiger partial charge is 0.372 e. The van der Waals surface area contributed by atoms with E-state index in [4.69, 9.17) is 4.74 Å². The van der Waals surface area contributed by atoms with Gasteiger partial charge in [-0.15, -0.1) is 0 Å². The first kappa shape index (κ1) is 12.9. The Kier molecular flexibility index (Phi) is 3.52. The van der Waals surface area contributed by atoms with Crippen LogP contribution in [0.1, 0.15) is 17.0 Å². The van der Waals surface area contributed by atoms with E-state index >= 15 is 0 Å². The van der Waals surface area contributed by atoms with Gasteiger partial charge < -0.3 is 4.74 Å². The van der Waals surface area contributed by atoms with Crippen LogP contribution in [-0.4, -0.2) is 12.1 Å². The van der Waals surface area contributed by atoms with Crippen molar-refractivity contribution in [1.82, 2.24) is 4.98 Å². The van der Waals surface area contributed by atoms with E-state index < -0.39 is 0 Å². The van der Waals surface area contributed by atoms with E-state index in [9.17, 15) is 0 Å². The minimum absolute atomic E-state index is 0.584. The first-order chi connectivity index (χ1) is 9.78. The van der Waals surface area contributed by atoms with Crippen molar-refractivity contribution in [2.24, 2.45) is 0 Å². The number of H-pyrrole nitrogens is 1. The van der Waals surface area contributed by atoms with E-state index in [2.05, 4.69) is 58.9 Å². The zero-order valence-electron chi connectivity index (χ0n) is 11.9. The third-order valence-corrected chi connectivity index (χ3v) is 3.54. The number of para-hydroxylation sites is 2. The second-order valence-electron chi connectivity index (χ2n) is 5.09. The van der Waals surface area contributed by atoms with E-state index in [0.29, 0.717) is 6.61 Å². The third-order valence-electron chi connectivity index (χ3n) is 3.54. The number of aryl methyl sites for hydroxylation is 1. The zero-order chi connectivity index (χ0) is 13.9. The fraction of sp³-hybridized carbons (Fsp3) is 0.235. The average Bonchev–Trinajstić information content (AvgIpc) is 2.80. The summed E-state index contributed by atoms with van der Waals surface area (Å²) in [5.41, 5.74) is 4.93. The molecule has 0 radical (unpaired) electrons. The van der Waals surface area contributed by atoms with Crippen LogP contribution >= 0.6 is 0 Å². The van der Waals surface area contributed by atoms with Gasteiger partial charge in [-0.2, -0.15) is 0 Å². The van der Waals surface area contributed by atoms with Crippen LogP contribution in [0.15, 0.2) is 48.5 Å². The van der Waals surface area contributed by atoms with Crippen molar-refractivity contribution in [3.05, 3.63) is 65.5 Å². The standard InChI is InChI=1S/C17H18N2O/c1-13-7-9-14(10-8-13)11-19-16-6-4-3-5-15(16)18-17(19)12-20-2/h3-10H,11-12H2,1-2H3/p+1. The van der Waals surface area contributed by atoms with Crippen LogP contribution in [0, 0.1) is 6.92 Å². The predicted molar refractivity (Wildman–Crippen MR) is 79.5 cm³/mol. The summed E-state index contributed by atoms with van der Waals surface area (Å²) in [7, 11) is 1.72. The van der Waals surface area contributed by atoms with Gasteiger partial charge in [0.05, 0.1) is 0 Å². The lowest BCUT2D eigenvalue weighted by Gasteiger charge is -2.03.